The van der Waals surface area contributed by atoms with Crippen LogP contribution in [0.15, 0.2) is 24.3 Å². The number of hydrogen-bond acceptors (Lipinski definition) is 3. The lowest BCUT2D eigenvalue weighted by Gasteiger charge is -2.16. The average Bonchev–Trinajstić information content (AvgIpc) is 2.70. The van der Waals surface area contributed by atoms with E-state index in [9.17, 15) is 9.59 Å². The van der Waals surface area contributed by atoms with Gasteiger partial charge >= 0.3 is 0 Å². The van der Waals surface area contributed by atoms with Gasteiger partial charge in [0.15, 0.2) is 0 Å². The summed E-state index contributed by atoms with van der Waals surface area (Å²) in [5, 5.41) is 5.75. The Bertz CT molecular complexity index is 473. The maximum atomic E-state index is 11.8. The van der Waals surface area contributed by atoms with Crippen LogP contribution in [-0.4, -0.2) is 43.4 Å². The van der Waals surface area contributed by atoms with Crippen LogP contribution in [0.3, 0.4) is 0 Å². The van der Waals surface area contributed by atoms with E-state index in [-0.39, 0.29) is 17.9 Å². The SMILES string of the molecule is CNC(=O)c1ccccc1N[C@H]1CCN(C)C1=O. The summed E-state index contributed by atoms with van der Waals surface area (Å²) in [5.41, 5.74) is 1.26. The van der Waals surface area contributed by atoms with Crippen LogP contribution in [0, 0.1) is 0 Å². The van der Waals surface area contributed by atoms with Crippen molar-refractivity contribution in [2.24, 2.45) is 0 Å². The van der Waals surface area contributed by atoms with Crippen LogP contribution >= 0.6 is 0 Å². The van der Waals surface area contributed by atoms with Crippen molar-refractivity contribution >= 4 is 17.5 Å². The van der Waals surface area contributed by atoms with Gasteiger partial charge in [-0.3, -0.25) is 9.59 Å². The van der Waals surface area contributed by atoms with E-state index in [0.717, 1.165) is 13.0 Å². The molecule has 1 saturated heterocycles. The van der Waals surface area contributed by atoms with Gasteiger partial charge in [-0.15, -0.1) is 0 Å². The molecule has 18 heavy (non-hydrogen) atoms. The highest BCUT2D eigenvalue weighted by Crippen LogP contribution is 2.20. The number of nitrogens with zero attached hydrogens (tertiary/aromatic N) is 1. The van der Waals surface area contributed by atoms with Crippen LogP contribution in [-0.2, 0) is 4.79 Å². The van der Waals surface area contributed by atoms with E-state index in [1.54, 1.807) is 31.1 Å². The third-order valence-electron chi connectivity index (χ3n) is 3.16. The number of likely N-dealkylation sites (tertiary alicyclic amines) is 1. The standard InChI is InChI=1S/C13H17N3O2/c1-14-12(17)9-5-3-4-6-10(9)15-11-7-8-16(2)13(11)18/h3-6,11,15H,7-8H2,1-2H3,(H,14,17)/t11-/m0/s1. The van der Waals surface area contributed by atoms with E-state index in [1.807, 2.05) is 12.1 Å². The molecule has 1 fully saturated rings. The van der Waals surface area contributed by atoms with E-state index >= 15 is 0 Å². The van der Waals surface area contributed by atoms with Crippen molar-refractivity contribution < 1.29 is 9.59 Å². The van der Waals surface area contributed by atoms with E-state index in [0.29, 0.717) is 11.3 Å². The Morgan fingerprint density at radius 1 is 1.39 bits per heavy atom. The predicted octanol–water partition coefficient (Wildman–Crippen LogP) is 0.689. The second kappa shape index (κ2) is 5.08. The zero-order valence-corrected chi connectivity index (χ0v) is 10.6. The zero-order chi connectivity index (χ0) is 13.1. The summed E-state index contributed by atoms with van der Waals surface area (Å²) in [5.74, 6) is -0.0846. The lowest BCUT2D eigenvalue weighted by molar-refractivity contribution is -0.127. The molecular weight excluding hydrogens is 230 g/mol. The Kier molecular flexibility index (Phi) is 3.50. The second-order valence-corrected chi connectivity index (χ2v) is 4.37. The third-order valence-corrected chi connectivity index (χ3v) is 3.16. The van der Waals surface area contributed by atoms with E-state index in [4.69, 9.17) is 0 Å². The fraction of sp³-hybridized carbons (Fsp3) is 0.385. The minimum atomic E-state index is -0.235. The molecule has 0 saturated carbocycles. The van der Waals surface area contributed by atoms with Crippen LogP contribution in [0.5, 0.6) is 0 Å². The molecule has 96 valence electrons. The van der Waals surface area contributed by atoms with Gasteiger partial charge in [0.1, 0.15) is 6.04 Å². The molecule has 1 aliphatic rings. The summed E-state index contributed by atoms with van der Waals surface area (Å²) in [6.45, 7) is 0.749. The average molecular weight is 247 g/mol. The molecule has 2 N–H and O–H groups in total. The first-order valence-corrected chi connectivity index (χ1v) is 5.96. The molecule has 2 rings (SSSR count). The Morgan fingerprint density at radius 3 is 2.72 bits per heavy atom. The van der Waals surface area contributed by atoms with Crippen molar-refractivity contribution in [1.29, 1.82) is 0 Å². The molecule has 1 aromatic carbocycles. The molecule has 1 atom stereocenters. The highest BCUT2D eigenvalue weighted by molar-refractivity contribution is 6.00. The van der Waals surface area contributed by atoms with Gasteiger partial charge in [0.05, 0.1) is 5.56 Å². The minimum Gasteiger partial charge on any atom is -0.373 e. The van der Waals surface area contributed by atoms with Crippen LogP contribution in [0.4, 0.5) is 5.69 Å². The van der Waals surface area contributed by atoms with Gasteiger partial charge in [0.2, 0.25) is 5.91 Å². The number of benzene rings is 1. The van der Waals surface area contributed by atoms with Gasteiger partial charge < -0.3 is 15.5 Å². The summed E-state index contributed by atoms with van der Waals surface area (Å²) in [4.78, 5) is 25.2. The maximum Gasteiger partial charge on any atom is 0.253 e. The number of carbonyl (C=O) groups excluding carboxylic acids is 2. The topological polar surface area (TPSA) is 61.4 Å². The van der Waals surface area contributed by atoms with Crippen molar-refractivity contribution in [2.75, 3.05) is 26.0 Å². The summed E-state index contributed by atoms with van der Waals surface area (Å²) < 4.78 is 0. The first-order valence-electron chi connectivity index (χ1n) is 5.96. The normalized spacial score (nSPS) is 18.9. The van der Waals surface area contributed by atoms with E-state index in [2.05, 4.69) is 10.6 Å². The summed E-state index contributed by atoms with van der Waals surface area (Å²) in [6, 6.07) is 6.97. The van der Waals surface area contributed by atoms with Crippen molar-refractivity contribution in [2.45, 2.75) is 12.5 Å². The van der Waals surface area contributed by atoms with Crippen molar-refractivity contribution in [3.8, 4) is 0 Å². The summed E-state index contributed by atoms with van der Waals surface area (Å²) in [7, 11) is 3.38. The van der Waals surface area contributed by atoms with Crippen LogP contribution in [0.2, 0.25) is 0 Å². The quantitative estimate of drug-likeness (QED) is 0.826. The van der Waals surface area contributed by atoms with Crippen molar-refractivity contribution in [3.05, 3.63) is 29.8 Å². The Hall–Kier alpha value is -2.04. The molecule has 1 aromatic rings. The number of para-hydroxylation sites is 1. The molecule has 0 unspecified atom stereocenters. The molecule has 5 heteroatoms. The maximum absolute atomic E-state index is 11.8. The minimum absolute atomic E-state index is 0.0710. The molecule has 0 radical (unpaired) electrons. The van der Waals surface area contributed by atoms with Gasteiger partial charge in [0, 0.05) is 26.3 Å². The highest BCUT2D eigenvalue weighted by atomic mass is 16.2. The number of carbonyl (C=O) groups is 2. The number of likely N-dealkylation sites (N-methyl/N-ethyl adjacent to an activating group) is 1. The molecule has 0 spiro atoms. The molecule has 0 bridgehead atoms. The predicted molar refractivity (Wildman–Crippen MR) is 69.5 cm³/mol. The van der Waals surface area contributed by atoms with E-state index in [1.165, 1.54) is 0 Å². The van der Waals surface area contributed by atoms with Gasteiger partial charge in [0.25, 0.3) is 5.91 Å². The molecule has 1 heterocycles. The van der Waals surface area contributed by atoms with Crippen LogP contribution in [0.25, 0.3) is 0 Å². The Balaban J connectivity index is 2.19. The number of hydrogen-bond donors (Lipinski definition) is 2. The highest BCUT2D eigenvalue weighted by Gasteiger charge is 2.29. The smallest absolute Gasteiger partial charge is 0.253 e. The van der Waals surface area contributed by atoms with Crippen molar-refractivity contribution in [1.82, 2.24) is 10.2 Å². The number of amides is 2. The fourth-order valence-corrected chi connectivity index (χ4v) is 2.09. The van der Waals surface area contributed by atoms with Gasteiger partial charge in [-0.2, -0.15) is 0 Å². The number of anilines is 1. The monoisotopic (exact) mass is 247 g/mol. The zero-order valence-electron chi connectivity index (χ0n) is 10.6. The largest absolute Gasteiger partial charge is 0.373 e. The van der Waals surface area contributed by atoms with Crippen LogP contribution in [0.1, 0.15) is 16.8 Å². The van der Waals surface area contributed by atoms with Crippen LogP contribution < -0.4 is 10.6 Å². The number of rotatable bonds is 3. The molecule has 5 nitrogen and oxygen atoms in total. The van der Waals surface area contributed by atoms with Gasteiger partial charge in [-0.05, 0) is 18.6 Å². The fourth-order valence-electron chi connectivity index (χ4n) is 2.09. The summed E-state index contributed by atoms with van der Waals surface area (Å²) in [6.07, 6.45) is 0.761. The van der Waals surface area contributed by atoms with E-state index < -0.39 is 0 Å². The molecule has 2 amide bonds. The third kappa shape index (κ3) is 2.30. The molecule has 0 aromatic heterocycles. The van der Waals surface area contributed by atoms with Gasteiger partial charge in [-0.1, -0.05) is 12.1 Å². The first kappa shape index (κ1) is 12.4. The Morgan fingerprint density at radius 2 is 2.11 bits per heavy atom. The molecule has 0 aliphatic carbocycles. The number of nitrogens with one attached hydrogen (secondary N) is 2. The van der Waals surface area contributed by atoms with Gasteiger partial charge in [-0.25, -0.2) is 0 Å². The Labute approximate surface area is 106 Å². The molecular formula is C13H17N3O2. The second-order valence-electron chi connectivity index (χ2n) is 4.37. The lowest BCUT2D eigenvalue weighted by atomic mass is 10.1. The lowest BCUT2D eigenvalue weighted by Crippen LogP contribution is -2.32. The first-order chi connectivity index (χ1) is 8.63. The summed E-state index contributed by atoms with van der Waals surface area (Å²) >= 11 is 0. The molecule has 1 aliphatic heterocycles. The van der Waals surface area contributed by atoms with Crippen molar-refractivity contribution in [3.63, 3.8) is 0 Å².